The molecule has 2 aromatic heterocycles. The number of hydrogen-bond donors (Lipinski definition) is 3. The minimum absolute atomic E-state index is 0.00691. The number of carbonyl (C=O) groups is 2. The number of benzene rings is 1. The molecule has 4 atom stereocenters. The smallest absolute Gasteiger partial charge is 0.419 e. The first-order chi connectivity index (χ1) is 21.6. The second-order valence-electron chi connectivity index (χ2n) is 11.1. The topological polar surface area (TPSA) is 143 Å². The second-order valence-corrected chi connectivity index (χ2v) is 11.1. The average molecular weight is 631 g/mol. The molecule has 238 valence electrons. The predicted molar refractivity (Wildman–Crippen MR) is 153 cm³/mol. The summed E-state index contributed by atoms with van der Waals surface area (Å²) in [6.07, 6.45) is 1.60. The number of fused-ring (bicyclic) bond motifs is 2. The minimum Gasteiger partial charge on any atom is -0.480 e. The zero-order valence-corrected chi connectivity index (χ0v) is 24.1. The first-order valence-corrected chi connectivity index (χ1v) is 14.4. The highest BCUT2D eigenvalue weighted by Crippen LogP contribution is 2.49. The van der Waals surface area contributed by atoms with E-state index in [2.05, 4.69) is 35.9 Å². The van der Waals surface area contributed by atoms with Gasteiger partial charge in [0.25, 0.3) is 5.91 Å². The van der Waals surface area contributed by atoms with Crippen LogP contribution < -0.4 is 25.6 Å². The van der Waals surface area contributed by atoms with E-state index in [0.717, 1.165) is 18.9 Å². The van der Waals surface area contributed by atoms with E-state index in [0.29, 0.717) is 56.5 Å². The van der Waals surface area contributed by atoms with Gasteiger partial charge in [-0.1, -0.05) is 0 Å². The molecule has 0 unspecified atom stereocenters. The van der Waals surface area contributed by atoms with Crippen molar-refractivity contribution < 1.29 is 36.6 Å². The number of morpholine rings is 1. The third kappa shape index (κ3) is 6.32. The van der Waals surface area contributed by atoms with Crippen LogP contribution in [0, 0.1) is 23.6 Å². The molecule has 2 amide bonds. The van der Waals surface area contributed by atoms with E-state index in [1.54, 1.807) is 12.4 Å². The van der Waals surface area contributed by atoms with Crippen LogP contribution >= 0.6 is 0 Å². The number of aromatic nitrogens is 4. The van der Waals surface area contributed by atoms with Crippen molar-refractivity contribution in [3.63, 3.8) is 0 Å². The molecule has 2 bridgehead atoms. The molecule has 6 rings (SSSR count). The maximum atomic E-state index is 13.8. The Hall–Kier alpha value is -4.60. The molecule has 45 heavy (non-hydrogen) atoms. The molecule has 12 nitrogen and oxygen atoms in total. The van der Waals surface area contributed by atoms with Gasteiger partial charge in [-0.05, 0) is 49.3 Å². The zero-order valence-electron chi connectivity index (χ0n) is 24.1. The van der Waals surface area contributed by atoms with E-state index in [-0.39, 0.29) is 34.8 Å². The van der Waals surface area contributed by atoms with E-state index in [4.69, 9.17) is 9.47 Å². The molecule has 3 N–H and O–H groups in total. The maximum Gasteiger partial charge on any atom is 0.419 e. The molecular weight excluding hydrogens is 600 g/mol. The lowest BCUT2D eigenvalue weighted by Gasteiger charge is -2.31. The van der Waals surface area contributed by atoms with Crippen LogP contribution in [0.25, 0.3) is 0 Å². The van der Waals surface area contributed by atoms with Crippen LogP contribution in [0.5, 0.6) is 5.88 Å². The Kier molecular flexibility index (Phi) is 8.40. The summed E-state index contributed by atoms with van der Waals surface area (Å²) in [7, 11) is 1.36. The SMILES string of the molecule is COc1ncnc(Nc2cnc(N3CCOCC3)nc2)c1C(=O)N[C@@H]1[C@H]2CC[C@H](C2)[C@@H]1C(=O)Nc1ccc(F)c(C(F)(F)F)c1. The molecule has 2 aliphatic carbocycles. The number of carbonyl (C=O) groups excluding carboxylic acids is 2. The number of nitrogens with one attached hydrogen (secondary N) is 3. The fourth-order valence-electron chi connectivity index (χ4n) is 6.42. The highest BCUT2D eigenvalue weighted by molar-refractivity contribution is 6.02. The highest BCUT2D eigenvalue weighted by atomic mass is 19.4. The molecule has 3 heterocycles. The van der Waals surface area contributed by atoms with E-state index in [1.165, 1.54) is 13.4 Å². The third-order valence-corrected chi connectivity index (χ3v) is 8.48. The van der Waals surface area contributed by atoms with Gasteiger partial charge in [-0.15, -0.1) is 0 Å². The van der Waals surface area contributed by atoms with Gasteiger partial charge in [-0.3, -0.25) is 9.59 Å². The Bertz CT molecular complexity index is 1570. The van der Waals surface area contributed by atoms with E-state index >= 15 is 0 Å². The monoisotopic (exact) mass is 630 g/mol. The number of ether oxygens (including phenoxy) is 2. The van der Waals surface area contributed by atoms with Gasteiger partial charge in [-0.25, -0.2) is 24.3 Å². The van der Waals surface area contributed by atoms with Crippen LogP contribution in [0.2, 0.25) is 0 Å². The molecule has 0 spiro atoms. The Morgan fingerprint density at radius 2 is 1.76 bits per heavy atom. The summed E-state index contributed by atoms with van der Waals surface area (Å²) in [6.45, 7) is 2.50. The van der Waals surface area contributed by atoms with Crippen LogP contribution in [0.4, 0.5) is 40.7 Å². The molecule has 3 aromatic rings. The van der Waals surface area contributed by atoms with Crippen LogP contribution in [0.3, 0.4) is 0 Å². The van der Waals surface area contributed by atoms with E-state index in [9.17, 15) is 27.2 Å². The van der Waals surface area contributed by atoms with Gasteiger partial charge in [0.1, 0.15) is 17.7 Å². The van der Waals surface area contributed by atoms with E-state index < -0.39 is 41.3 Å². The van der Waals surface area contributed by atoms with Crippen molar-refractivity contribution in [1.82, 2.24) is 25.3 Å². The summed E-state index contributed by atoms with van der Waals surface area (Å²) in [5.74, 6) is -2.77. The lowest BCUT2D eigenvalue weighted by molar-refractivity contribution is -0.140. The fraction of sp³-hybridized carbons (Fsp3) is 0.448. The molecule has 16 heteroatoms. The van der Waals surface area contributed by atoms with Crippen LogP contribution in [0.15, 0.2) is 36.9 Å². The number of methoxy groups -OCH3 is 1. The Balaban J connectivity index is 1.20. The van der Waals surface area contributed by atoms with Crippen molar-refractivity contribution in [3.05, 3.63) is 53.9 Å². The largest absolute Gasteiger partial charge is 0.480 e. The third-order valence-electron chi connectivity index (χ3n) is 8.48. The number of halogens is 4. The van der Waals surface area contributed by atoms with Crippen LogP contribution in [-0.4, -0.2) is 71.2 Å². The van der Waals surface area contributed by atoms with Crippen LogP contribution in [0.1, 0.15) is 35.2 Å². The van der Waals surface area contributed by atoms with Gasteiger partial charge in [0, 0.05) is 24.8 Å². The minimum atomic E-state index is -4.92. The molecule has 1 saturated heterocycles. The molecular formula is C29H30F4N8O4. The normalized spacial score (nSPS) is 22.6. The van der Waals surface area contributed by atoms with Gasteiger partial charge in [0.15, 0.2) is 5.82 Å². The molecule has 1 aliphatic heterocycles. The number of nitrogens with zero attached hydrogens (tertiary/aromatic N) is 5. The fourth-order valence-corrected chi connectivity index (χ4v) is 6.42. The lowest BCUT2D eigenvalue weighted by Crippen LogP contribution is -2.48. The first kappa shape index (κ1) is 30.4. The number of anilines is 4. The van der Waals surface area contributed by atoms with Gasteiger partial charge >= 0.3 is 6.18 Å². The standard InChI is InChI=1S/C29H30F4N8O4/c1-44-27-22(24(36-14-37-27)38-18-12-34-28(35-13-18)41-6-8-45-9-7-41)26(43)40-23-16-3-2-15(10-16)21(23)25(42)39-17-4-5-20(30)19(11-17)29(31,32)33/h4-5,11-16,21,23H,2-3,6-10H2,1H3,(H,39,42)(H,40,43)(H,36,37,38)/t15-,16+,21+,23-/m1/s1. The average Bonchev–Trinajstić information content (AvgIpc) is 3.64. The maximum absolute atomic E-state index is 13.8. The van der Waals surface area contributed by atoms with Crippen molar-refractivity contribution in [2.24, 2.45) is 17.8 Å². The number of hydrogen-bond acceptors (Lipinski definition) is 10. The summed E-state index contributed by atoms with van der Waals surface area (Å²) in [5, 5.41) is 8.50. The second kappa shape index (κ2) is 12.4. The number of alkyl halides is 3. The molecule has 0 radical (unpaired) electrons. The Morgan fingerprint density at radius 3 is 2.47 bits per heavy atom. The summed E-state index contributed by atoms with van der Waals surface area (Å²) in [6, 6.07) is 1.68. The van der Waals surface area contributed by atoms with Gasteiger partial charge < -0.3 is 30.3 Å². The molecule has 2 saturated carbocycles. The number of rotatable bonds is 8. The van der Waals surface area contributed by atoms with Crippen LogP contribution in [-0.2, 0) is 15.7 Å². The van der Waals surface area contributed by atoms with Crippen molar-refractivity contribution in [2.45, 2.75) is 31.5 Å². The Labute approximate surface area is 255 Å². The summed E-state index contributed by atoms with van der Waals surface area (Å²) >= 11 is 0. The van der Waals surface area contributed by atoms with Crippen molar-refractivity contribution in [2.75, 3.05) is 48.9 Å². The van der Waals surface area contributed by atoms with Crippen molar-refractivity contribution >= 4 is 35.0 Å². The van der Waals surface area contributed by atoms with Gasteiger partial charge in [0.2, 0.25) is 17.7 Å². The predicted octanol–water partition coefficient (Wildman–Crippen LogP) is 3.80. The Morgan fingerprint density at radius 1 is 1.02 bits per heavy atom. The molecule has 1 aromatic carbocycles. The van der Waals surface area contributed by atoms with Gasteiger partial charge in [0.05, 0.1) is 49.9 Å². The van der Waals surface area contributed by atoms with Crippen molar-refractivity contribution in [3.8, 4) is 5.88 Å². The van der Waals surface area contributed by atoms with E-state index in [1.807, 2.05) is 4.90 Å². The molecule has 3 fully saturated rings. The summed E-state index contributed by atoms with van der Waals surface area (Å²) in [4.78, 5) is 46.3. The number of amides is 2. The summed E-state index contributed by atoms with van der Waals surface area (Å²) < 4.78 is 64.3. The lowest BCUT2D eigenvalue weighted by atomic mass is 9.83. The zero-order chi connectivity index (χ0) is 31.7. The summed E-state index contributed by atoms with van der Waals surface area (Å²) in [5.41, 5.74) is -1.22. The van der Waals surface area contributed by atoms with Crippen molar-refractivity contribution in [1.29, 1.82) is 0 Å². The quantitative estimate of drug-likeness (QED) is 0.315. The molecule has 3 aliphatic rings. The highest BCUT2D eigenvalue weighted by Gasteiger charge is 2.51. The first-order valence-electron chi connectivity index (χ1n) is 14.4. The van der Waals surface area contributed by atoms with Gasteiger partial charge in [-0.2, -0.15) is 13.2 Å².